The first-order valence-corrected chi connectivity index (χ1v) is 14.0. The molecule has 0 bridgehead atoms. The molecular weight excluding hydrogens is 500 g/mol. The predicted molar refractivity (Wildman–Crippen MR) is 164 cm³/mol. The van der Waals surface area contributed by atoms with Gasteiger partial charge in [0.15, 0.2) is 0 Å². The molecule has 1 aliphatic carbocycles. The quantitative estimate of drug-likeness (QED) is 0.268. The summed E-state index contributed by atoms with van der Waals surface area (Å²) in [5, 5.41) is 11.6. The summed E-state index contributed by atoms with van der Waals surface area (Å²) >= 11 is 0. The lowest BCUT2D eigenvalue weighted by Gasteiger charge is -2.18. The molecule has 1 aliphatic heterocycles. The smallest absolute Gasteiger partial charge is 0.123 e. The number of ether oxygens (including phenoxy) is 2. The molecule has 0 unspecified atom stereocenters. The highest BCUT2D eigenvalue weighted by molar-refractivity contribution is 5.89. The molecule has 2 heterocycles. The maximum Gasteiger partial charge on any atom is 0.123 e. The van der Waals surface area contributed by atoms with Crippen molar-refractivity contribution in [3.8, 4) is 5.75 Å². The number of aromatic nitrogens is 2. The largest absolute Gasteiger partial charge is 0.497 e. The summed E-state index contributed by atoms with van der Waals surface area (Å²) in [7, 11) is 3.55. The molecule has 6 rings (SSSR count). The minimum absolute atomic E-state index is 0.454. The number of hydrogen-bond acceptors (Lipinski definition) is 6. The highest BCUT2D eigenvalue weighted by atomic mass is 16.5. The van der Waals surface area contributed by atoms with Crippen molar-refractivity contribution >= 4 is 35.0 Å². The Morgan fingerprint density at radius 2 is 1.77 bits per heavy atom. The van der Waals surface area contributed by atoms with Gasteiger partial charge in [-0.15, -0.1) is 0 Å². The number of carbonyl (C=O) groups excluding carboxylic acids is 1. The minimum atomic E-state index is 0.454. The van der Waals surface area contributed by atoms with Crippen molar-refractivity contribution < 1.29 is 14.3 Å². The van der Waals surface area contributed by atoms with Gasteiger partial charge in [-0.3, -0.25) is 10.00 Å². The van der Waals surface area contributed by atoms with Crippen molar-refractivity contribution in [2.75, 3.05) is 45.8 Å². The predicted octanol–water partition coefficient (Wildman–Crippen LogP) is 6.29. The highest BCUT2D eigenvalue weighted by Gasteiger charge is 2.19. The van der Waals surface area contributed by atoms with Crippen LogP contribution in [0.25, 0.3) is 23.1 Å². The van der Waals surface area contributed by atoms with Crippen molar-refractivity contribution in [2.24, 2.45) is 5.92 Å². The SMILES string of the molecule is C(=C\c1n[nH]c2ccccc12)/c1ccc(CN2CCCOCC2)cc1.CNc1ccc(OC)cc1.O=CC1CC1. The van der Waals surface area contributed by atoms with E-state index < -0.39 is 0 Å². The van der Waals surface area contributed by atoms with Crippen LogP contribution in [0.2, 0.25) is 0 Å². The van der Waals surface area contributed by atoms with Crippen LogP contribution in [0.3, 0.4) is 0 Å². The van der Waals surface area contributed by atoms with E-state index in [4.69, 9.17) is 9.47 Å². The lowest BCUT2D eigenvalue weighted by atomic mass is 10.1. The molecule has 3 aromatic carbocycles. The van der Waals surface area contributed by atoms with Gasteiger partial charge in [0.25, 0.3) is 0 Å². The summed E-state index contributed by atoms with van der Waals surface area (Å²) in [6, 6.07) is 24.8. The van der Waals surface area contributed by atoms with Crippen LogP contribution in [0.5, 0.6) is 5.75 Å². The van der Waals surface area contributed by atoms with Gasteiger partial charge in [0.05, 0.1) is 24.9 Å². The second-order valence-corrected chi connectivity index (χ2v) is 9.92. The van der Waals surface area contributed by atoms with Crippen LogP contribution >= 0.6 is 0 Å². The van der Waals surface area contributed by atoms with Crippen LogP contribution in [-0.4, -0.2) is 61.8 Å². The van der Waals surface area contributed by atoms with Crippen LogP contribution in [0.4, 0.5) is 5.69 Å². The topological polar surface area (TPSA) is 79.5 Å². The van der Waals surface area contributed by atoms with Gasteiger partial charge in [-0.1, -0.05) is 48.5 Å². The Morgan fingerprint density at radius 1 is 1.00 bits per heavy atom. The molecule has 0 radical (unpaired) electrons. The summed E-state index contributed by atoms with van der Waals surface area (Å²) in [5.41, 5.74) is 5.68. The fourth-order valence-corrected chi connectivity index (χ4v) is 4.23. The van der Waals surface area contributed by atoms with Crippen LogP contribution in [0, 0.1) is 5.92 Å². The maximum atomic E-state index is 9.57. The van der Waals surface area contributed by atoms with E-state index in [1.54, 1.807) is 7.11 Å². The normalized spacial score (nSPS) is 15.3. The monoisotopic (exact) mass is 540 g/mol. The zero-order chi connectivity index (χ0) is 28.0. The van der Waals surface area contributed by atoms with E-state index in [0.717, 1.165) is 86.4 Å². The minimum Gasteiger partial charge on any atom is -0.497 e. The zero-order valence-corrected chi connectivity index (χ0v) is 23.5. The van der Waals surface area contributed by atoms with Crippen LogP contribution in [0.15, 0.2) is 72.8 Å². The third-order valence-corrected chi connectivity index (χ3v) is 6.83. The molecule has 4 aromatic rings. The third-order valence-electron chi connectivity index (χ3n) is 6.83. The Kier molecular flexibility index (Phi) is 11.3. The molecule has 0 atom stereocenters. The van der Waals surface area contributed by atoms with E-state index in [2.05, 4.69) is 62.9 Å². The van der Waals surface area contributed by atoms with Crippen molar-refractivity contribution in [1.29, 1.82) is 0 Å². The number of para-hydroxylation sites is 1. The van der Waals surface area contributed by atoms with Crippen molar-refractivity contribution in [1.82, 2.24) is 15.1 Å². The summed E-state index contributed by atoms with van der Waals surface area (Å²) in [4.78, 5) is 12.0. The highest BCUT2D eigenvalue weighted by Crippen LogP contribution is 2.25. The van der Waals surface area contributed by atoms with Crippen LogP contribution < -0.4 is 10.1 Å². The number of aldehydes is 1. The maximum absolute atomic E-state index is 9.57. The van der Waals surface area contributed by atoms with Crippen LogP contribution in [-0.2, 0) is 16.1 Å². The van der Waals surface area contributed by atoms with E-state index in [-0.39, 0.29) is 0 Å². The fraction of sp³-hybridized carbons (Fsp3) is 0.333. The molecule has 7 nitrogen and oxygen atoms in total. The average Bonchev–Trinajstić information content (AvgIpc) is 3.82. The van der Waals surface area contributed by atoms with Gasteiger partial charge < -0.3 is 19.6 Å². The van der Waals surface area contributed by atoms with E-state index in [1.807, 2.05) is 49.5 Å². The first kappa shape index (κ1) is 29.1. The molecule has 40 heavy (non-hydrogen) atoms. The van der Waals surface area contributed by atoms with Crippen molar-refractivity contribution in [3.05, 3.63) is 89.6 Å². The van der Waals surface area contributed by atoms with Gasteiger partial charge in [0.1, 0.15) is 12.0 Å². The summed E-state index contributed by atoms with van der Waals surface area (Å²) in [5.74, 6) is 1.34. The second kappa shape index (κ2) is 15.6. The molecule has 2 fully saturated rings. The Morgan fingerprint density at radius 3 is 2.45 bits per heavy atom. The Labute approximate surface area is 237 Å². The molecular formula is C33H40N4O3. The number of benzene rings is 3. The number of methoxy groups -OCH3 is 1. The molecule has 7 heteroatoms. The molecule has 2 aliphatic rings. The fourth-order valence-electron chi connectivity index (χ4n) is 4.23. The number of carbonyl (C=O) groups is 1. The van der Waals surface area contributed by atoms with E-state index in [1.165, 1.54) is 11.1 Å². The molecule has 2 N–H and O–H groups in total. The number of nitrogens with zero attached hydrogens (tertiary/aromatic N) is 2. The standard InChI is InChI=1S/C21H23N3O.C8H11NO.C4H6O/c1-2-5-20-19(4-1)21(23-22-20)11-10-17-6-8-18(9-7-17)16-24-12-3-14-25-15-13-24;1-9-7-3-5-8(10-2)6-4-7;5-3-4-1-2-4/h1-2,4-11H,3,12-16H2,(H,22,23);3-6,9H,1-2H3;3-4H,1-2H2/b11-10+;;. The summed E-state index contributed by atoms with van der Waals surface area (Å²) in [6.07, 6.45) is 8.62. The molecule has 1 saturated heterocycles. The van der Waals surface area contributed by atoms with Gasteiger partial charge in [-0.25, -0.2) is 0 Å². The van der Waals surface area contributed by atoms with Gasteiger partial charge in [0.2, 0.25) is 0 Å². The van der Waals surface area contributed by atoms with E-state index in [0.29, 0.717) is 5.92 Å². The first-order chi connectivity index (χ1) is 19.7. The molecule has 210 valence electrons. The number of fused-ring (bicyclic) bond motifs is 1. The molecule has 1 saturated carbocycles. The second-order valence-electron chi connectivity index (χ2n) is 9.92. The first-order valence-electron chi connectivity index (χ1n) is 14.0. The number of anilines is 1. The summed E-state index contributed by atoms with van der Waals surface area (Å²) in [6.45, 7) is 4.87. The molecule has 0 spiro atoms. The van der Waals surface area contributed by atoms with Crippen molar-refractivity contribution in [3.63, 3.8) is 0 Å². The van der Waals surface area contributed by atoms with E-state index in [9.17, 15) is 4.79 Å². The molecule has 0 amide bonds. The Balaban J connectivity index is 0.000000201. The Hall–Kier alpha value is -3.94. The zero-order valence-electron chi connectivity index (χ0n) is 23.5. The molecule has 1 aromatic heterocycles. The average molecular weight is 541 g/mol. The van der Waals surface area contributed by atoms with Gasteiger partial charge >= 0.3 is 0 Å². The van der Waals surface area contributed by atoms with Crippen molar-refractivity contribution in [2.45, 2.75) is 25.8 Å². The Bertz CT molecular complexity index is 1300. The lowest BCUT2D eigenvalue weighted by Crippen LogP contribution is -2.25. The third kappa shape index (κ3) is 9.36. The lowest BCUT2D eigenvalue weighted by molar-refractivity contribution is -0.108. The van der Waals surface area contributed by atoms with Gasteiger partial charge in [-0.05, 0) is 66.8 Å². The van der Waals surface area contributed by atoms with Gasteiger partial charge in [0, 0.05) is 50.3 Å². The van der Waals surface area contributed by atoms with Gasteiger partial charge in [-0.2, -0.15) is 5.10 Å². The number of H-pyrrole nitrogens is 1. The van der Waals surface area contributed by atoms with Crippen LogP contribution in [0.1, 0.15) is 36.1 Å². The number of hydrogen-bond donors (Lipinski definition) is 2. The number of rotatable bonds is 7. The number of nitrogens with one attached hydrogen (secondary N) is 2. The number of aromatic amines is 1. The summed E-state index contributed by atoms with van der Waals surface area (Å²) < 4.78 is 10.5. The van der Waals surface area contributed by atoms with E-state index >= 15 is 0 Å².